The van der Waals surface area contributed by atoms with E-state index in [0.29, 0.717) is 0 Å². The highest BCUT2D eigenvalue weighted by Crippen LogP contribution is 2.51. The maximum Gasteiger partial charge on any atom is 0.122 e. The van der Waals surface area contributed by atoms with E-state index in [0.717, 1.165) is 49.7 Å². The van der Waals surface area contributed by atoms with Gasteiger partial charge in [0.25, 0.3) is 0 Å². The fraction of sp³-hybridized carbons (Fsp3) is 0. The predicted octanol–water partition coefficient (Wildman–Crippen LogP) is 5.97. The number of azo groups is 1. The molecule has 3 heteroatoms. The van der Waals surface area contributed by atoms with Crippen LogP contribution in [0.15, 0.2) is 77.0 Å². The largest absolute Gasteiger partial charge is 0.398 e. The van der Waals surface area contributed by atoms with Gasteiger partial charge in [-0.25, -0.2) is 0 Å². The molecule has 0 aliphatic carbocycles. The predicted molar refractivity (Wildman–Crippen MR) is 95.5 cm³/mol. The van der Waals surface area contributed by atoms with E-state index in [1.54, 1.807) is 0 Å². The molecule has 0 saturated heterocycles. The van der Waals surface area contributed by atoms with Gasteiger partial charge in [-0.3, -0.25) is 0 Å². The Bertz CT molecular complexity index is 1130. The first kappa shape index (κ1) is 12.4. The van der Waals surface area contributed by atoms with Gasteiger partial charge in [0.15, 0.2) is 0 Å². The molecule has 23 heavy (non-hydrogen) atoms. The van der Waals surface area contributed by atoms with Crippen LogP contribution >= 0.6 is 0 Å². The van der Waals surface area contributed by atoms with E-state index >= 15 is 0 Å². The van der Waals surface area contributed by atoms with E-state index in [-0.39, 0.29) is 0 Å². The van der Waals surface area contributed by atoms with Crippen LogP contribution in [0.2, 0.25) is 0 Å². The third-order valence-electron chi connectivity index (χ3n) is 4.50. The summed E-state index contributed by atoms with van der Waals surface area (Å²) in [5.74, 6) is 0. The van der Waals surface area contributed by atoms with Crippen molar-refractivity contribution in [2.45, 2.75) is 0 Å². The Morgan fingerprint density at radius 1 is 0.696 bits per heavy atom. The van der Waals surface area contributed by atoms with E-state index < -0.39 is 0 Å². The highest BCUT2D eigenvalue weighted by molar-refractivity contribution is 6.12. The van der Waals surface area contributed by atoms with Gasteiger partial charge in [0.05, 0.1) is 0 Å². The van der Waals surface area contributed by atoms with E-state index in [1.807, 2.05) is 24.3 Å². The second kappa shape index (κ2) is 4.40. The number of hydrogen-bond donors (Lipinski definition) is 1. The van der Waals surface area contributed by atoms with E-state index in [9.17, 15) is 0 Å². The van der Waals surface area contributed by atoms with Crippen molar-refractivity contribution in [3.63, 3.8) is 0 Å². The summed E-state index contributed by atoms with van der Waals surface area (Å²) >= 11 is 0. The molecule has 3 nitrogen and oxygen atoms in total. The second-order valence-electron chi connectivity index (χ2n) is 5.79. The Labute approximate surface area is 133 Å². The van der Waals surface area contributed by atoms with Crippen molar-refractivity contribution in [1.29, 1.82) is 0 Å². The molecule has 0 unspecified atom stereocenters. The van der Waals surface area contributed by atoms with Gasteiger partial charge in [0.2, 0.25) is 0 Å². The van der Waals surface area contributed by atoms with Gasteiger partial charge in [0, 0.05) is 22.2 Å². The van der Waals surface area contributed by atoms with Crippen molar-refractivity contribution in [2.24, 2.45) is 10.2 Å². The molecule has 0 bridgehead atoms. The standard InChI is InChI=1S/C20H13N3/c21-19-15-8-4-1-5-12(15)9-10-16(19)18-14-7-3-2-6-13(14)11-17-20(18)23-22-17/h1-11H,21H2. The fourth-order valence-electron chi connectivity index (χ4n) is 3.34. The summed E-state index contributed by atoms with van der Waals surface area (Å²) in [6, 6.07) is 22.8. The zero-order chi connectivity index (χ0) is 15.4. The van der Waals surface area contributed by atoms with Crippen molar-refractivity contribution >= 4 is 38.6 Å². The van der Waals surface area contributed by atoms with Gasteiger partial charge in [-0.15, -0.1) is 10.2 Å². The zero-order valence-corrected chi connectivity index (χ0v) is 12.3. The molecule has 1 aliphatic rings. The van der Waals surface area contributed by atoms with Gasteiger partial charge in [-0.05, 0) is 22.2 Å². The summed E-state index contributed by atoms with van der Waals surface area (Å²) in [6.07, 6.45) is 0. The van der Waals surface area contributed by atoms with Gasteiger partial charge in [-0.2, -0.15) is 0 Å². The summed E-state index contributed by atoms with van der Waals surface area (Å²) in [7, 11) is 0. The smallest absolute Gasteiger partial charge is 0.122 e. The Kier molecular flexibility index (Phi) is 2.36. The van der Waals surface area contributed by atoms with Crippen LogP contribution in [0, 0.1) is 0 Å². The molecule has 0 atom stereocenters. The maximum absolute atomic E-state index is 6.51. The first-order valence-electron chi connectivity index (χ1n) is 7.58. The monoisotopic (exact) mass is 295 g/mol. The van der Waals surface area contributed by atoms with Crippen LogP contribution in [0.4, 0.5) is 17.1 Å². The molecule has 0 amide bonds. The summed E-state index contributed by atoms with van der Waals surface area (Å²) in [4.78, 5) is 0. The number of benzene rings is 4. The molecule has 1 heterocycles. The number of nitrogen functional groups attached to an aromatic ring is 1. The number of anilines is 1. The zero-order valence-electron chi connectivity index (χ0n) is 12.3. The normalized spacial score (nSPS) is 12.3. The average Bonchev–Trinajstić information content (AvgIpc) is 2.57. The fourth-order valence-corrected chi connectivity index (χ4v) is 3.34. The van der Waals surface area contributed by atoms with Crippen molar-refractivity contribution in [3.05, 3.63) is 66.7 Å². The van der Waals surface area contributed by atoms with Crippen LogP contribution in [0.25, 0.3) is 32.7 Å². The minimum Gasteiger partial charge on any atom is -0.398 e. The molecular weight excluding hydrogens is 282 g/mol. The minimum atomic E-state index is 0.795. The van der Waals surface area contributed by atoms with Crippen molar-refractivity contribution in [3.8, 4) is 11.1 Å². The van der Waals surface area contributed by atoms with Crippen LogP contribution in [0.1, 0.15) is 0 Å². The van der Waals surface area contributed by atoms with E-state index in [2.05, 4.69) is 52.7 Å². The lowest BCUT2D eigenvalue weighted by molar-refractivity contribution is 1.15. The van der Waals surface area contributed by atoms with Gasteiger partial charge < -0.3 is 5.73 Å². The van der Waals surface area contributed by atoms with Gasteiger partial charge in [-0.1, -0.05) is 60.7 Å². The lowest BCUT2D eigenvalue weighted by Crippen LogP contribution is -1.94. The Hall–Kier alpha value is -3.20. The summed E-state index contributed by atoms with van der Waals surface area (Å²) in [6.45, 7) is 0. The third kappa shape index (κ3) is 1.64. The molecule has 0 aromatic heterocycles. The molecule has 2 N–H and O–H groups in total. The number of nitrogens with two attached hydrogens (primary N) is 1. The SMILES string of the molecule is Nc1c(-c2c3c(cc4ccccc24)N=N3)ccc2ccccc12. The average molecular weight is 295 g/mol. The highest BCUT2D eigenvalue weighted by atomic mass is 15.2. The number of fused-ring (bicyclic) bond motifs is 3. The van der Waals surface area contributed by atoms with Crippen molar-refractivity contribution < 1.29 is 0 Å². The molecule has 4 aromatic carbocycles. The first-order chi connectivity index (χ1) is 11.3. The second-order valence-corrected chi connectivity index (χ2v) is 5.79. The lowest BCUT2D eigenvalue weighted by Gasteiger charge is -2.18. The third-order valence-corrected chi connectivity index (χ3v) is 4.50. The number of rotatable bonds is 1. The van der Waals surface area contributed by atoms with Gasteiger partial charge in [0.1, 0.15) is 11.4 Å². The van der Waals surface area contributed by atoms with Crippen LogP contribution in [0.3, 0.4) is 0 Å². The molecule has 5 rings (SSSR count). The van der Waals surface area contributed by atoms with E-state index in [4.69, 9.17) is 5.73 Å². The minimum absolute atomic E-state index is 0.795. The van der Waals surface area contributed by atoms with E-state index in [1.165, 1.54) is 0 Å². The molecule has 0 fully saturated rings. The Morgan fingerprint density at radius 3 is 2.22 bits per heavy atom. The van der Waals surface area contributed by atoms with Crippen LogP contribution in [-0.4, -0.2) is 0 Å². The molecule has 108 valence electrons. The Balaban J connectivity index is 1.92. The van der Waals surface area contributed by atoms with Crippen molar-refractivity contribution in [1.82, 2.24) is 0 Å². The van der Waals surface area contributed by atoms with Gasteiger partial charge >= 0.3 is 0 Å². The molecule has 0 saturated carbocycles. The number of nitrogens with zero attached hydrogens (tertiary/aromatic N) is 2. The topological polar surface area (TPSA) is 50.7 Å². The van der Waals surface area contributed by atoms with Crippen molar-refractivity contribution in [2.75, 3.05) is 5.73 Å². The molecule has 4 aromatic rings. The summed E-state index contributed by atoms with van der Waals surface area (Å²) < 4.78 is 0. The maximum atomic E-state index is 6.51. The molecular formula is C20H13N3. The quantitative estimate of drug-likeness (QED) is 0.380. The van der Waals surface area contributed by atoms with Crippen LogP contribution < -0.4 is 5.73 Å². The highest BCUT2D eigenvalue weighted by Gasteiger charge is 2.21. The molecule has 0 spiro atoms. The Morgan fingerprint density at radius 2 is 1.43 bits per heavy atom. The van der Waals surface area contributed by atoms with Crippen LogP contribution in [0.5, 0.6) is 0 Å². The lowest BCUT2D eigenvalue weighted by atomic mass is 9.92. The molecule has 1 aliphatic heterocycles. The first-order valence-corrected chi connectivity index (χ1v) is 7.58. The summed E-state index contributed by atoms with van der Waals surface area (Å²) in [5, 5.41) is 12.9. The number of hydrogen-bond acceptors (Lipinski definition) is 3. The molecule has 0 radical (unpaired) electrons. The summed E-state index contributed by atoms with van der Waals surface area (Å²) in [5.41, 5.74) is 11.3. The van der Waals surface area contributed by atoms with Crippen LogP contribution in [-0.2, 0) is 0 Å².